The van der Waals surface area contributed by atoms with Crippen LogP contribution >= 0.6 is 0 Å². The fourth-order valence-electron chi connectivity index (χ4n) is 1.53. The summed E-state index contributed by atoms with van der Waals surface area (Å²) in [5.41, 5.74) is 0.00585. The number of ether oxygens (including phenoxy) is 1. The number of rotatable bonds is 8. The highest BCUT2D eigenvalue weighted by atomic mass is 16.5. The zero-order valence-electron chi connectivity index (χ0n) is 10.0. The quantitative estimate of drug-likeness (QED) is 0.562. The van der Waals surface area contributed by atoms with Crippen molar-refractivity contribution >= 4 is 6.29 Å². The zero-order valence-corrected chi connectivity index (χ0v) is 10.0. The Hall–Kier alpha value is -0.370. The molecule has 0 bridgehead atoms. The van der Waals surface area contributed by atoms with Crippen molar-refractivity contribution in [3.8, 4) is 0 Å². The van der Waals surface area contributed by atoms with Crippen LogP contribution in [-0.4, -0.2) is 18.5 Å². The van der Waals surface area contributed by atoms with Gasteiger partial charge in [-0.2, -0.15) is 0 Å². The molecule has 0 aliphatic carbocycles. The van der Waals surface area contributed by atoms with Crippen LogP contribution in [0.4, 0.5) is 0 Å². The lowest BCUT2D eigenvalue weighted by atomic mass is 9.91. The molecule has 2 nitrogen and oxygen atoms in total. The molecule has 2 heteroatoms. The van der Waals surface area contributed by atoms with Crippen LogP contribution in [0, 0.1) is 5.92 Å². The summed E-state index contributed by atoms with van der Waals surface area (Å²) >= 11 is 0. The van der Waals surface area contributed by atoms with E-state index in [0.717, 1.165) is 32.2 Å². The second-order valence-corrected chi connectivity index (χ2v) is 4.28. The van der Waals surface area contributed by atoms with E-state index in [2.05, 4.69) is 20.8 Å². The first-order valence-electron chi connectivity index (χ1n) is 5.65. The molecule has 0 radical (unpaired) electrons. The van der Waals surface area contributed by atoms with Crippen LogP contribution in [0.25, 0.3) is 0 Å². The highest BCUT2D eigenvalue weighted by Crippen LogP contribution is 2.24. The molecule has 14 heavy (non-hydrogen) atoms. The van der Waals surface area contributed by atoms with Crippen LogP contribution in [0.1, 0.15) is 53.4 Å². The van der Waals surface area contributed by atoms with Gasteiger partial charge in [-0.1, -0.05) is 13.8 Å². The first-order valence-corrected chi connectivity index (χ1v) is 5.65. The second kappa shape index (κ2) is 6.99. The Bertz CT molecular complexity index is 156. The number of hydrogen-bond acceptors (Lipinski definition) is 2. The third kappa shape index (κ3) is 5.38. The summed E-state index contributed by atoms with van der Waals surface area (Å²) < 4.78 is 5.72. The molecule has 0 saturated carbocycles. The highest BCUT2D eigenvalue weighted by molar-refractivity contribution is 5.49. The van der Waals surface area contributed by atoms with Crippen molar-refractivity contribution in [3.63, 3.8) is 0 Å². The van der Waals surface area contributed by atoms with Crippen LogP contribution in [0.2, 0.25) is 0 Å². The van der Waals surface area contributed by atoms with Gasteiger partial charge >= 0.3 is 0 Å². The van der Waals surface area contributed by atoms with Gasteiger partial charge in [-0.25, -0.2) is 0 Å². The summed E-state index contributed by atoms with van der Waals surface area (Å²) in [5.74, 6) is 0.485. The summed E-state index contributed by atoms with van der Waals surface area (Å²) in [5, 5.41) is 0. The molecule has 0 spiro atoms. The third-order valence-corrected chi connectivity index (χ3v) is 2.91. The molecule has 84 valence electrons. The summed E-state index contributed by atoms with van der Waals surface area (Å²) in [6, 6.07) is 0. The molecule has 2 unspecified atom stereocenters. The van der Waals surface area contributed by atoms with E-state index in [4.69, 9.17) is 4.74 Å². The van der Waals surface area contributed by atoms with Gasteiger partial charge in [0.25, 0.3) is 0 Å². The van der Waals surface area contributed by atoms with Crippen LogP contribution in [-0.2, 0) is 9.53 Å². The summed E-state index contributed by atoms with van der Waals surface area (Å²) in [6.45, 7) is 9.23. The van der Waals surface area contributed by atoms with Crippen molar-refractivity contribution in [1.82, 2.24) is 0 Å². The smallest absolute Gasteiger partial charge is 0.120 e. The van der Waals surface area contributed by atoms with Gasteiger partial charge in [-0.3, -0.25) is 0 Å². The van der Waals surface area contributed by atoms with Crippen molar-refractivity contribution in [3.05, 3.63) is 0 Å². The molecule has 0 N–H and O–H groups in total. The van der Waals surface area contributed by atoms with Crippen molar-refractivity contribution in [2.75, 3.05) is 6.61 Å². The monoisotopic (exact) mass is 200 g/mol. The Kier molecular flexibility index (Phi) is 6.81. The number of hydrogen-bond donors (Lipinski definition) is 0. The summed E-state index contributed by atoms with van der Waals surface area (Å²) in [6.07, 6.45) is 4.84. The molecule has 0 heterocycles. The van der Waals surface area contributed by atoms with E-state index in [-0.39, 0.29) is 5.60 Å². The Morgan fingerprint density at radius 1 is 1.43 bits per heavy atom. The van der Waals surface area contributed by atoms with E-state index in [0.29, 0.717) is 12.3 Å². The van der Waals surface area contributed by atoms with Crippen LogP contribution in [0.15, 0.2) is 0 Å². The lowest BCUT2D eigenvalue weighted by Gasteiger charge is -2.29. The maximum Gasteiger partial charge on any atom is 0.120 e. The molecule has 0 aliphatic rings. The van der Waals surface area contributed by atoms with Gasteiger partial charge in [0.15, 0.2) is 0 Å². The molecule has 0 amide bonds. The van der Waals surface area contributed by atoms with E-state index < -0.39 is 0 Å². The molecule has 0 saturated heterocycles. The van der Waals surface area contributed by atoms with Crippen LogP contribution in [0.3, 0.4) is 0 Å². The van der Waals surface area contributed by atoms with Gasteiger partial charge in [0, 0.05) is 13.0 Å². The number of carbonyl (C=O) groups is 1. The first kappa shape index (κ1) is 13.6. The average molecular weight is 200 g/mol. The van der Waals surface area contributed by atoms with Gasteiger partial charge in [0.2, 0.25) is 0 Å². The molecule has 0 fully saturated rings. The van der Waals surface area contributed by atoms with E-state index >= 15 is 0 Å². The number of carbonyl (C=O) groups excluding carboxylic acids is 1. The minimum atomic E-state index is 0.00585. The molecule has 0 aromatic carbocycles. The lowest BCUT2D eigenvalue weighted by molar-refractivity contribution is -0.108. The van der Waals surface area contributed by atoms with Gasteiger partial charge in [0.05, 0.1) is 5.60 Å². The lowest BCUT2D eigenvalue weighted by Crippen LogP contribution is -2.28. The predicted molar refractivity (Wildman–Crippen MR) is 59.4 cm³/mol. The SMILES string of the molecule is CCOC(C)(CC)CCC(C)CC=O. The van der Waals surface area contributed by atoms with E-state index in [9.17, 15) is 4.79 Å². The Morgan fingerprint density at radius 3 is 2.50 bits per heavy atom. The standard InChI is InChI=1S/C12H24O2/c1-5-12(4,14-6-2)9-7-11(3)8-10-13/h10-11H,5-9H2,1-4H3. The van der Waals surface area contributed by atoms with Gasteiger partial charge in [-0.15, -0.1) is 0 Å². The normalized spacial score (nSPS) is 17.4. The molecule has 2 atom stereocenters. The van der Waals surface area contributed by atoms with Gasteiger partial charge in [-0.05, 0) is 39.0 Å². The van der Waals surface area contributed by atoms with E-state index in [1.54, 1.807) is 0 Å². The van der Waals surface area contributed by atoms with Crippen molar-refractivity contribution in [2.24, 2.45) is 5.92 Å². The Labute approximate surface area is 88.0 Å². The van der Waals surface area contributed by atoms with Crippen molar-refractivity contribution in [1.29, 1.82) is 0 Å². The summed E-state index contributed by atoms with van der Waals surface area (Å²) in [7, 11) is 0. The maximum atomic E-state index is 10.3. The molecular formula is C12H24O2. The van der Waals surface area contributed by atoms with Gasteiger partial charge < -0.3 is 9.53 Å². The molecule has 0 aromatic rings. The fourth-order valence-corrected chi connectivity index (χ4v) is 1.53. The van der Waals surface area contributed by atoms with E-state index in [1.165, 1.54) is 0 Å². The average Bonchev–Trinajstić information content (AvgIpc) is 2.16. The zero-order chi connectivity index (χ0) is 11.0. The minimum Gasteiger partial charge on any atom is -0.376 e. The Morgan fingerprint density at radius 2 is 2.07 bits per heavy atom. The predicted octanol–water partition coefficient (Wildman–Crippen LogP) is 3.20. The van der Waals surface area contributed by atoms with Crippen molar-refractivity contribution < 1.29 is 9.53 Å². The Balaban J connectivity index is 3.87. The van der Waals surface area contributed by atoms with Gasteiger partial charge in [0.1, 0.15) is 6.29 Å². The van der Waals surface area contributed by atoms with Crippen LogP contribution < -0.4 is 0 Å². The minimum absolute atomic E-state index is 0.00585. The van der Waals surface area contributed by atoms with Crippen molar-refractivity contribution in [2.45, 2.75) is 59.0 Å². The molecular weight excluding hydrogens is 176 g/mol. The van der Waals surface area contributed by atoms with E-state index in [1.807, 2.05) is 6.92 Å². The third-order valence-electron chi connectivity index (χ3n) is 2.91. The molecule has 0 aromatic heterocycles. The summed E-state index contributed by atoms with van der Waals surface area (Å²) in [4.78, 5) is 10.3. The topological polar surface area (TPSA) is 26.3 Å². The molecule has 0 rings (SSSR count). The fraction of sp³-hybridized carbons (Fsp3) is 0.917. The number of aldehydes is 1. The molecule has 0 aliphatic heterocycles. The second-order valence-electron chi connectivity index (χ2n) is 4.28. The maximum absolute atomic E-state index is 10.3. The highest BCUT2D eigenvalue weighted by Gasteiger charge is 2.22. The van der Waals surface area contributed by atoms with Crippen LogP contribution in [0.5, 0.6) is 0 Å². The largest absolute Gasteiger partial charge is 0.376 e. The first-order chi connectivity index (χ1) is 6.58.